The second kappa shape index (κ2) is 8.35. The van der Waals surface area contributed by atoms with Crippen LogP contribution in [0.4, 0.5) is 0 Å². The van der Waals surface area contributed by atoms with Crippen LogP contribution in [0, 0.1) is 5.92 Å². The molecule has 1 aromatic heterocycles. The summed E-state index contributed by atoms with van der Waals surface area (Å²) in [6, 6.07) is 0. The molecule has 0 aliphatic heterocycles. The number of nitrogens with zero attached hydrogens (tertiary/aromatic N) is 2. The Morgan fingerprint density at radius 1 is 1.63 bits per heavy atom. The van der Waals surface area contributed by atoms with Crippen molar-refractivity contribution >= 4 is 29.3 Å². The summed E-state index contributed by atoms with van der Waals surface area (Å²) >= 11 is 7.28. The lowest BCUT2D eigenvalue weighted by atomic mass is 10.0. The Morgan fingerprint density at radius 2 is 2.37 bits per heavy atom. The fourth-order valence-electron chi connectivity index (χ4n) is 1.56. The summed E-state index contributed by atoms with van der Waals surface area (Å²) < 4.78 is 0. The van der Waals surface area contributed by atoms with Crippen molar-refractivity contribution < 1.29 is 9.90 Å². The third-order valence-corrected chi connectivity index (χ3v) is 3.62. The Hall–Kier alpha value is -0.850. The van der Waals surface area contributed by atoms with Crippen molar-refractivity contribution in [3.05, 3.63) is 16.9 Å². The lowest BCUT2D eigenvalue weighted by Gasteiger charge is -2.14. The zero-order valence-corrected chi connectivity index (χ0v) is 12.6. The van der Waals surface area contributed by atoms with Gasteiger partial charge in [-0.3, -0.25) is 4.79 Å². The summed E-state index contributed by atoms with van der Waals surface area (Å²) in [5.74, 6) is -0.0475. The van der Waals surface area contributed by atoms with Crippen LogP contribution in [0.2, 0.25) is 5.02 Å². The van der Waals surface area contributed by atoms with E-state index in [4.69, 9.17) is 16.7 Å². The molecule has 1 aromatic rings. The van der Waals surface area contributed by atoms with E-state index in [0.29, 0.717) is 18.1 Å². The van der Waals surface area contributed by atoms with Crippen LogP contribution in [0.15, 0.2) is 11.4 Å². The molecular formula is C12H18ClN3O2S. The van der Waals surface area contributed by atoms with Crippen LogP contribution in [0.3, 0.4) is 0 Å². The van der Waals surface area contributed by atoms with E-state index in [1.807, 2.05) is 13.2 Å². The summed E-state index contributed by atoms with van der Waals surface area (Å²) in [4.78, 5) is 20.1. The SMILES string of the molecule is CCC(CCO)CNC(=O)c1nc(SC)ncc1Cl. The van der Waals surface area contributed by atoms with Crippen LogP contribution < -0.4 is 5.32 Å². The number of amides is 1. The van der Waals surface area contributed by atoms with Crippen LogP contribution in [0.25, 0.3) is 0 Å². The number of carbonyl (C=O) groups excluding carboxylic acids is 1. The van der Waals surface area contributed by atoms with Crippen LogP contribution in [0.5, 0.6) is 0 Å². The van der Waals surface area contributed by atoms with Gasteiger partial charge in [0.25, 0.3) is 5.91 Å². The summed E-state index contributed by atoms with van der Waals surface area (Å²) in [5, 5.41) is 12.5. The van der Waals surface area contributed by atoms with E-state index in [1.54, 1.807) is 0 Å². The van der Waals surface area contributed by atoms with Crippen molar-refractivity contribution in [2.75, 3.05) is 19.4 Å². The Kier molecular flexibility index (Phi) is 7.12. The van der Waals surface area contributed by atoms with Gasteiger partial charge in [0, 0.05) is 13.2 Å². The van der Waals surface area contributed by atoms with Gasteiger partial charge in [0.15, 0.2) is 10.9 Å². The fraction of sp³-hybridized carbons (Fsp3) is 0.583. The Balaban J connectivity index is 2.67. The van der Waals surface area contributed by atoms with Gasteiger partial charge in [-0.1, -0.05) is 36.7 Å². The van der Waals surface area contributed by atoms with Gasteiger partial charge in [-0.05, 0) is 18.6 Å². The molecule has 5 nitrogen and oxygen atoms in total. The molecule has 19 heavy (non-hydrogen) atoms. The molecule has 0 aromatic carbocycles. The first kappa shape index (κ1) is 16.2. The molecule has 1 atom stereocenters. The van der Waals surface area contributed by atoms with E-state index in [2.05, 4.69) is 15.3 Å². The molecule has 1 heterocycles. The minimum absolute atomic E-state index is 0.124. The van der Waals surface area contributed by atoms with Crippen molar-refractivity contribution in [1.29, 1.82) is 0 Å². The number of nitrogens with one attached hydrogen (secondary N) is 1. The second-order valence-corrected chi connectivity index (χ2v) is 5.23. The molecule has 0 spiro atoms. The smallest absolute Gasteiger partial charge is 0.271 e. The van der Waals surface area contributed by atoms with Crippen molar-refractivity contribution in [3.63, 3.8) is 0 Å². The third kappa shape index (κ3) is 4.97. The third-order valence-electron chi connectivity index (χ3n) is 2.79. The van der Waals surface area contributed by atoms with Crippen LogP contribution >= 0.6 is 23.4 Å². The number of aliphatic hydroxyl groups is 1. The van der Waals surface area contributed by atoms with Crippen molar-refractivity contribution in [1.82, 2.24) is 15.3 Å². The number of hydrogen-bond acceptors (Lipinski definition) is 5. The molecule has 106 valence electrons. The highest BCUT2D eigenvalue weighted by Gasteiger charge is 2.15. The first-order chi connectivity index (χ1) is 9.12. The average Bonchev–Trinajstić information content (AvgIpc) is 2.43. The van der Waals surface area contributed by atoms with Gasteiger partial charge in [0.05, 0.1) is 11.2 Å². The number of rotatable bonds is 7. The number of aliphatic hydroxyl groups excluding tert-OH is 1. The molecule has 2 N–H and O–H groups in total. The van der Waals surface area contributed by atoms with Gasteiger partial charge in [0.1, 0.15) is 0 Å². The highest BCUT2D eigenvalue weighted by atomic mass is 35.5. The maximum absolute atomic E-state index is 12.0. The molecule has 0 saturated heterocycles. The summed E-state index contributed by atoms with van der Waals surface area (Å²) in [6.07, 6.45) is 4.83. The van der Waals surface area contributed by atoms with Gasteiger partial charge >= 0.3 is 0 Å². The molecule has 0 saturated carbocycles. The first-order valence-corrected chi connectivity index (χ1v) is 7.68. The zero-order valence-electron chi connectivity index (χ0n) is 11.0. The molecular weight excluding hydrogens is 286 g/mol. The van der Waals surface area contributed by atoms with Gasteiger partial charge in [0.2, 0.25) is 0 Å². The number of carbonyl (C=O) groups is 1. The maximum atomic E-state index is 12.0. The van der Waals surface area contributed by atoms with Crippen LogP contribution in [0.1, 0.15) is 30.3 Å². The van der Waals surface area contributed by atoms with Gasteiger partial charge in [-0.25, -0.2) is 9.97 Å². The van der Waals surface area contributed by atoms with Crippen LogP contribution in [-0.4, -0.2) is 40.4 Å². The van der Waals surface area contributed by atoms with E-state index in [0.717, 1.165) is 6.42 Å². The molecule has 0 aliphatic rings. The average molecular weight is 304 g/mol. The summed E-state index contributed by atoms with van der Waals surface area (Å²) in [6.45, 7) is 2.65. The maximum Gasteiger partial charge on any atom is 0.271 e. The molecule has 1 unspecified atom stereocenters. The van der Waals surface area contributed by atoms with E-state index >= 15 is 0 Å². The topological polar surface area (TPSA) is 75.1 Å². The van der Waals surface area contributed by atoms with E-state index in [1.165, 1.54) is 18.0 Å². The Bertz CT molecular complexity index is 431. The highest BCUT2D eigenvalue weighted by molar-refractivity contribution is 7.98. The number of thioether (sulfide) groups is 1. The monoisotopic (exact) mass is 303 g/mol. The van der Waals surface area contributed by atoms with E-state index in [-0.39, 0.29) is 29.1 Å². The molecule has 1 amide bonds. The first-order valence-electron chi connectivity index (χ1n) is 6.07. The summed E-state index contributed by atoms with van der Waals surface area (Å²) in [7, 11) is 0. The normalized spacial score (nSPS) is 12.2. The highest BCUT2D eigenvalue weighted by Crippen LogP contribution is 2.16. The minimum atomic E-state index is -0.306. The molecule has 7 heteroatoms. The second-order valence-electron chi connectivity index (χ2n) is 4.05. The molecule has 1 rings (SSSR count). The van der Waals surface area contributed by atoms with Crippen molar-refractivity contribution in [3.8, 4) is 0 Å². The standard InChI is InChI=1S/C12H18ClN3O2S/c1-3-8(4-5-17)6-14-11(18)10-9(13)7-15-12(16-10)19-2/h7-8,17H,3-6H2,1-2H3,(H,14,18). The zero-order chi connectivity index (χ0) is 14.3. The Morgan fingerprint density at radius 3 is 2.95 bits per heavy atom. The predicted octanol–water partition coefficient (Wildman–Crippen LogP) is 1.99. The lowest BCUT2D eigenvalue weighted by Crippen LogP contribution is -2.30. The van der Waals surface area contributed by atoms with E-state index in [9.17, 15) is 4.79 Å². The number of hydrogen-bond donors (Lipinski definition) is 2. The van der Waals surface area contributed by atoms with E-state index < -0.39 is 0 Å². The van der Waals surface area contributed by atoms with Crippen molar-refractivity contribution in [2.24, 2.45) is 5.92 Å². The van der Waals surface area contributed by atoms with Gasteiger partial charge < -0.3 is 10.4 Å². The Labute approximate surface area is 122 Å². The molecule has 0 radical (unpaired) electrons. The molecule has 0 bridgehead atoms. The quantitative estimate of drug-likeness (QED) is 0.595. The van der Waals surface area contributed by atoms with Gasteiger partial charge in [-0.2, -0.15) is 0 Å². The van der Waals surface area contributed by atoms with Gasteiger partial charge in [-0.15, -0.1) is 0 Å². The largest absolute Gasteiger partial charge is 0.396 e. The fourth-order valence-corrected chi connectivity index (χ4v) is 2.08. The predicted molar refractivity (Wildman–Crippen MR) is 76.6 cm³/mol. The van der Waals surface area contributed by atoms with Crippen molar-refractivity contribution in [2.45, 2.75) is 24.9 Å². The number of aromatic nitrogens is 2. The minimum Gasteiger partial charge on any atom is -0.396 e. The number of halogens is 1. The van der Waals surface area contributed by atoms with Crippen LogP contribution in [-0.2, 0) is 0 Å². The molecule has 0 fully saturated rings. The molecule has 0 aliphatic carbocycles. The lowest BCUT2D eigenvalue weighted by molar-refractivity contribution is 0.0937. The summed E-state index contributed by atoms with van der Waals surface area (Å²) in [5.41, 5.74) is 0.194.